The highest BCUT2D eigenvalue weighted by Crippen LogP contribution is 2.16. The van der Waals surface area contributed by atoms with Crippen molar-refractivity contribution in [3.05, 3.63) is 66.2 Å². The summed E-state index contributed by atoms with van der Waals surface area (Å²) in [5.74, 6) is -0.150. The van der Waals surface area contributed by atoms with Gasteiger partial charge in [0.1, 0.15) is 0 Å². The van der Waals surface area contributed by atoms with Crippen LogP contribution in [0.3, 0.4) is 0 Å². The summed E-state index contributed by atoms with van der Waals surface area (Å²) >= 11 is 0.927. The largest absolute Gasteiger partial charge is 0.466 e. The fourth-order valence-electron chi connectivity index (χ4n) is 2.45. The maximum Gasteiger partial charge on any atom is 0.306 e. The lowest BCUT2D eigenvalue weighted by Gasteiger charge is -2.17. The zero-order valence-electron chi connectivity index (χ0n) is 15.5. The fourth-order valence-corrected chi connectivity index (χ4v) is 4.55. The van der Waals surface area contributed by atoms with E-state index >= 15 is 0 Å². The van der Waals surface area contributed by atoms with Gasteiger partial charge in [0.2, 0.25) is 15.1 Å². The van der Waals surface area contributed by atoms with Gasteiger partial charge >= 0.3 is 5.97 Å². The standard InChI is InChI=1S/C20H23NO5S2/c1-2-26-19(22)13-14-27-20(23)18(15-16-9-5-3-6-10-16)21-28(24,25)17-11-7-4-8-12-17/h3-12,18,21H,2,13-15H2,1H3/t18-/m0/s1. The number of esters is 1. The molecule has 2 aromatic carbocycles. The van der Waals surface area contributed by atoms with Crippen LogP contribution in [0.2, 0.25) is 0 Å². The van der Waals surface area contributed by atoms with Gasteiger partial charge in [0.15, 0.2) is 0 Å². The number of benzene rings is 2. The number of hydrogen-bond donors (Lipinski definition) is 1. The molecule has 8 heteroatoms. The highest BCUT2D eigenvalue weighted by molar-refractivity contribution is 8.13. The second kappa shape index (κ2) is 11.0. The zero-order chi connectivity index (χ0) is 20.4. The minimum Gasteiger partial charge on any atom is -0.466 e. The first-order valence-electron chi connectivity index (χ1n) is 8.86. The van der Waals surface area contributed by atoms with Gasteiger partial charge in [-0.15, -0.1) is 0 Å². The summed E-state index contributed by atoms with van der Waals surface area (Å²) in [6.45, 7) is 2.00. The second-order valence-corrected chi connectivity index (χ2v) is 8.71. The number of sulfonamides is 1. The van der Waals surface area contributed by atoms with Gasteiger partial charge in [0.25, 0.3) is 0 Å². The Bertz CT molecular complexity index is 870. The molecule has 0 saturated carbocycles. The van der Waals surface area contributed by atoms with Crippen molar-refractivity contribution in [3.8, 4) is 0 Å². The summed E-state index contributed by atoms with van der Waals surface area (Å²) in [6, 6.07) is 16.1. The van der Waals surface area contributed by atoms with Crippen LogP contribution in [0.5, 0.6) is 0 Å². The van der Waals surface area contributed by atoms with Crippen molar-refractivity contribution < 1.29 is 22.7 Å². The third-order valence-electron chi connectivity index (χ3n) is 3.77. The molecular weight excluding hydrogens is 398 g/mol. The summed E-state index contributed by atoms with van der Waals surface area (Å²) in [7, 11) is -3.85. The summed E-state index contributed by atoms with van der Waals surface area (Å²) in [4.78, 5) is 24.2. The molecule has 0 unspecified atom stereocenters. The van der Waals surface area contributed by atoms with E-state index in [0.717, 1.165) is 17.3 Å². The van der Waals surface area contributed by atoms with E-state index in [1.165, 1.54) is 12.1 Å². The quantitative estimate of drug-likeness (QED) is 0.594. The molecule has 2 rings (SSSR count). The average molecular weight is 422 g/mol. The number of nitrogens with one attached hydrogen (secondary N) is 1. The topological polar surface area (TPSA) is 89.5 Å². The van der Waals surface area contributed by atoms with Crippen molar-refractivity contribution in [2.45, 2.75) is 30.7 Å². The van der Waals surface area contributed by atoms with E-state index in [0.29, 0.717) is 0 Å². The van der Waals surface area contributed by atoms with Crippen molar-refractivity contribution in [2.75, 3.05) is 12.4 Å². The molecule has 6 nitrogen and oxygen atoms in total. The monoisotopic (exact) mass is 421 g/mol. The molecule has 0 aliphatic heterocycles. The Hall–Kier alpha value is -2.16. The molecule has 0 bridgehead atoms. The van der Waals surface area contributed by atoms with Gasteiger partial charge in [-0.1, -0.05) is 60.3 Å². The lowest BCUT2D eigenvalue weighted by Crippen LogP contribution is -2.41. The Morgan fingerprint density at radius 1 is 1.04 bits per heavy atom. The molecule has 1 atom stereocenters. The molecule has 0 saturated heterocycles. The lowest BCUT2D eigenvalue weighted by molar-refractivity contribution is -0.142. The Kier molecular flexibility index (Phi) is 8.69. The number of ether oxygens (including phenoxy) is 1. The predicted molar refractivity (Wildman–Crippen MR) is 109 cm³/mol. The molecule has 2 aromatic rings. The average Bonchev–Trinajstić information content (AvgIpc) is 2.69. The summed E-state index contributed by atoms with van der Waals surface area (Å²) < 4.78 is 32.7. The van der Waals surface area contributed by atoms with Gasteiger partial charge in [-0.2, -0.15) is 4.72 Å². The minimum absolute atomic E-state index is 0.0910. The first-order chi connectivity index (χ1) is 13.4. The van der Waals surface area contributed by atoms with E-state index in [2.05, 4.69) is 4.72 Å². The van der Waals surface area contributed by atoms with E-state index in [1.807, 2.05) is 30.3 Å². The van der Waals surface area contributed by atoms with Crippen LogP contribution in [0.1, 0.15) is 18.9 Å². The van der Waals surface area contributed by atoms with E-state index in [-0.39, 0.29) is 41.2 Å². The number of carbonyl (C=O) groups excluding carboxylic acids is 2. The normalized spacial score (nSPS) is 12.3. The van der Waals surface area contributed by atoms with E-state index < -0.39 is 16.1 Å². The van der Waals surface area contributed by atoms with E-state index in [4.69, 9.17) is 4.74 Å². The Morgan fingerprint density at radius 2 is 1.64 bits per heavy atom. The van der Waals surface area contributed by atoms with Gasteiger partial charge in [-0.25, -0.2) is 8.42 Å². The zero-order valence-corrected chi connectivity index (χ0v) is 17.2. The van der Waals surface area contributed by atoms with Crippen LogP contribution in [0.4, 0.5) is 0 Å². The SMILES string of the molecule is CCOC(=O)CCSC(=O)[C@H](Cc1ccccc1)NS(=O)(=O)c1ccccc1. The van der Waals surface area contributed by atoms with Gasteiger partial charge < -0.3 is 4.74 Å². The maximum atomic E-state index is 12.7. The molecule has 0 aliphatic rings. The summed E-state index contributed by atoms with van der Waals surface area (Å²) in [5, 5.41) is -0.340. The van der Waals surface area contributed by atoms with Gasteiger partial charge in [-0.3, -0.25) is 9.59 Å². The molecule has 28 heavy (non-hydrogen) atoms. The van der Waals surface area contributed by atoms with Crippen LogP contribution in [0.25, 0.3) is 0 Å². The fraction of sp³-hybridized carbons (Fsp3) is 0.300. The van der Waals surface area contributed by atoms with Gasteiger partial charge in [-0.05, 0) is 31.0 Å². The molecule has 0 radical (unpaired) electrons. The molecule has 0 amide bonds. The lowest BCUT2D eigenvalue weighted by atomic mass is 10.1. The van der Waals surface area contributed by atoms with Crippen molar-refractivity contribution >= 4 is 32.9 Å². The van der Waals surface area contributed by atoms with Crippen molar-refractivity contribution in [3.63, 3.8) is 0 Å². The van der Waals surface area contributed by atoms with Crippen LogP contribution in [-0.4, -0.2) is 37.9 Å². The van der Waals surface area contributed by atoms with Crippen LogP contribution in [0, 0.1) is 0 Å². The molecular formula is C20H23NO5S2. The van der Waals surface area contributed by atoms with Crippen molar-refractivity contribution in [1.29, 1.82) is 0 Å². The van der Waals surface area contributed by atoms with Crippen molar-refractivity contribution in [2.24, 2.45) is 0 Å². The molecule has 1 N–H and O–H groups in total. The maximum absolute atomic E-state index is 12.7. The molecule has 150 valence electrons. The van der Waals surface area contributed by atoms with E-state index in [9.17, 15) is 18.0 Å². The number of hydrogen-bond acceptors (Lipinski definition) is 6. The minimum atomic E-state index is -3.85. The molecule has 0 aliphatic carbocycles. The van der Waals surface area contributed by atoms with Crippen LogP contribution in [-0.2, 0) is 30.8 Å². The first-order valence-corrected chi connectivity index (χ1v) is 11.3. The Labute approximate surface area is 169 Å². The van der Waals surface area contributed by atoms with Crippen LogP contribution in [0.15, 0.2) is 65.6 Å². The predicted octanol–water partition coefficient (Wildman–Crippen LogP) is 2.79. The smallest absolute Gasteiger partial charge is 0.306 e. The first kappa shape index (κ1) is 22.1. The van der Waals surface area contributed by atoms with E-state index in [1.54, 1.807) is 25.1 Å². The number of carbonyl (C=O) groups is 2. The summed E-state index contributed by atoms with van der Waals surface area (Å²) in [5.41, 5.74) is 0.836. The van der Waals surface area contributed by atoms with Crippen molar-refractivity contribution in [1.82, 2.24) is 4.72 Å². The Balaban J connectivity index is 2.10. The molecule has 0 aromatic heterocycles. The van der Waals surface area contributed by atoms with Gasteiger partial charge in [0.05, 0.1) is 24.0 Å². The number of rotatable bonds is 10. The number of thioether (sulfide) groups is 1. The van der Waals surface area contributed by atoms with Crippen LogP contribution < -0.4 is 4.72 Å². The molecule has 0 spiro atoms. The van der Waals surface area contributed by atoms with Gasteiger partial charge in [0, 0.05) is 5.75 Å². The Morgan fingerprint density at radius 3 is 2.25 bits per heavy atom. The molecule has 0 heterocycles. The van der Waals surface area contributed by atoms with Crippen LogP contribution >= 0.6 is 11.8 Å². The second-order valence-electron chi connectivity index (χ2n) is 5.90. The highest BCUT2D eigenvalue weighted by atomic mass is 32.2. The third-order valence-corrected chi connectivity index (χ3v) is 6.24. The summed E-state index contributed by atoms with van der Waals surface area (Å²) in [6.07, 6.45) is 0.311. The highest BCUT2D eigenvalue weighted by Gasteiger charge is 2.26. The third kappa shape index (κ3) is 7.10. The molecule has 0 fully saturated rings.